The molecule has 2 aliphatic rings. The molecule has 22 heavy (non-hydrogen) atoms. The summed E-state index contributed by atoms with van der Waals surface area (Å²) in [6.45, 7) is 0. The van der Waals surface area contributed by atoms with Crippen molar-refractivity contribution in [2.75, 3.05) is 7.11 Å². The van der Waals surface area contributed by atoms with Gasteiger partial charge in [0.1, 0.15) is 5.75 Å². The monoisotopic (exact) mass is 323 g/mol. The van der Waals surface area contributed by atoms with Crippen molar-refractivity contribution < 1.29 is 19.4 Å². The van der Waals surface area contributed by atoms with Crippen LogP contribution < -0.4 is 10.1 Å². The third kappa shape index (κ3) is 3.04. The second kappa shape index (κ2) is 5.80. The Bertz CT molecular complexity index is 614. The number of halogens is 1. The summed E-state index contributed by atoms with van der Waals surface area (Å²) in [6.07, 6.45) is 3.28. The Balaban J connectivity index is 1.71. The first-order valence-corrected chi connectivity index (χ1v) is 7.75. The number of ether oxygens (including phenoxy) is 1. The molecule has 2 saturated carbocycles. The van der Waals surface area contributed by atoms with Crippen molar-refractivity contribution in [1.29, 1.82) is 0 Å². The Hall–Kier alpha value is -1.75. The molecule has 0 heterocycles. The van der Waals surface area contributed by atoms with Crippen LogP contribution in [0.1, 0.15) is 30.9 Å². The lowest BCUT2D eigenvalue weighted by atomic mass is 10.1. The van der Waals surface area contributed by atoms with Crippen molar-refractivity contribution in [2.45, 2.75) is 25.3 Å². The fourth-order valence-electron chi connectivity index (χ4n) is 2.96. The van der Waals surface area contributed by atoms with E-state index in [0.29, 0.717) is 28.2 Å². The number of methoxy groups -OCH3 is 1. The van der Waals surface area contributed by atoms with Gasteiger partial charge in [-0.3, -0.25) is 4.79 Å². The maximum Gasteiger partial charge on any atom is 0.330 e. The normalized spacial score (nSPS) is 24.5. The highest BCUT2D eigenvalue weighted by molar-refractivity contribution is 6.32. The minimum absolute atomic E-state index is 0.0249. The molecule has 1 amide bonds. The van der Waals surface area contributed by atoms with E-state index in [1.54, 1.807) is 12.1 Å². The van der Waals surface area contributed by atoms with Gasteiger partial charge in [0.25, 0.3) is 0 Å². The lowest BCUT2D eigenvalue weighted by molar-refractivity contribution is -0.142. The minimum Gasteiger partial charge on any atom is -0.495 e. The average molecular weight is 324 g/mol. The van der Waals surface area contributed by atoms with E-state index in [9.17, 15) is 14.7 Å². The second-order valence-electron chi connectivity index (χ2n) is 6.02. The maximum absolute atomic E-state index is 12.2. The quantitative estimate of drug-likeness (QED) is 0.844. The molecule has 0 saturated heterocycles. The van der Waals surface area contributed by atoms with E-state index in [1.165, 1.54) is 26.0 Å². The van der Waals surface area contributed by atoms with Crippen LogP contribution in [0, 0.1) is 17.8 Å². The fourth-order valence-corrected chi connectivity index (χ4v) is 3.23. The van der Waals surface area contributed by atoms with Crippen LogP contribution in [0.4, 0.5) is 0 Å². The van der Waals surface area contributed by atoms with Crippen LogP contribution in [-0.4, -0.2) is 24.1 Å². The van der Waals surface area contributed by atoms with Crippen molar-refractivity contribution >= 4 is 23.5 Å². The first kappa shape index (κ1) is 15.2. The van der Waals surface area contributed by atoms with Crippen LogP contribution in [0.5, 0.6) is 5.75 Å². The van der Waals surface area contributed by atoms with Gasteiger partial charge in [-0.15, -0.1) is 0 Å². The average Bonchev–Trinajstić information content (AvgIpc) is 3.35. The number of carbonyl (C=O) groups excluding carboxylic acids is 1. The molecule has 3 rings (SSSR count). The van der Waals surface area contributed by atoms with E-state index in [1.807, 2.05) is 0 Å². The third-order valence-corrected chi connectivity index (χ3v) is 4.74. The summed E-state index contributed by atoms with van der Waals surface area (Å²) in [5.74, 6) is 0.303. The first-order chi connectivity index (χ1) is 10.5. The summed E-state index contributed by atoms with van der Waals surface area (Å²) < 4.78 is 5.05. The number of hydrogen-bond donors (Lipinski definition) is 2. The molecule has 1 aromatic rings. The SMILES string of the molecule is COc1ccc(C(NC(=O)C2CC2C2CC2)C(=O)O)cc1Cl. The van der Waals surface area contributed by atoms with Crippen LogP contribution in [0.2, 0.25) is 5.02 Å². The van der Waals surface area contributed by atoms with Gasteiger partial charge in [-0.2, -0.15) is 0 Å². The smallest absolute Gasteiger partial charge is 0.330 e. The summed E-state index contributed by atoms with van der Waals surface area (Å²) >= 11 is 6.03. The molecule has 0 bridgehead atoms. The Morgan fingerprint density at radius 1 is 1.41 bits per heavy atom. The van der Waals surface area contributed by atoms with Crippen molar-refractivity contribution in [3.63, 3.8) is 0 Å². The van der Waals surface area contributed by atoms with E-state index in [0.717, 1.165) is 6.42 Å². The summed E-state index contributed by atoms with van der Waals surface area (Å²) in [6, 6.07) is 3.64. The zero-order valence-electron chi connectivity index (χ0n) is 12.2. The van der Waals surface area contributed by atoms with Gasteiger partial charge in [0.15, 0.2) is 6.04 Å². The predicted molar refractivity (Wildman–Crippen MR) is 80.8 cm³/mol. The van der Waals surface area contributed by atoms with E-state index in [-0.39, 0.29) is 11.8 Å². The van der Waals surface area contributed by atoms with Gasteiger partial charge in [0.05, 0.1) is 12.1 Å². The molecule has 0 spiro atoms. The first-order valence-electron chi connectivity index (χ1n) is 7.38. The Morgan fingerprint density at radius 2 is 2.14 bits per heavy atom. The fraction of sp³-hybridized carbons (Fsp3) is 0.500. The topological polar surface area (TPSA) is 75.6 Å². The van der Waals surface area contributed by atoms with Crippen molar-refractivity contribution in [1.82, 2.24) is 5.32 Å². The summed E-state index contributed by atoms with van der Waals surface area (Å²) in [7, 11) is 1.49. The molecule has 5 nitrogen and oxygen atoms in total. The van der Waals surface area contributed by atoms with E-state index >= 15 is 0 Å². The van der Waals surface area contributed by atoms with E-state index in [4.69, 9.17) is 16.3 Å². The van der Waals surface area contributed by atoms with Gasteiger partial charge in [-0.05, 0) is 48.8 Å². The number of carboxylic acid groups (broad SMARTS) is 1. The van der Waals surface area contributed by atoms with E-state index < -0.39 is 12.0 Å². The van der Waals surface area contributed by atoms with Crippen molar-refractivity contribution in [2.24, 2.45) is 17.8 Å². The molecular formula is C16H18ClNO4. The summed E-state index contributed by atoms with van der Waals surface area (Å²) in [4.78, 5) is 23.7. The van der Waals surface area contributed by atoms with Crippen LogP contribution in [-0.2, 0) is 9.59 Å². The van der Waals surface area contributed by atoms with Crippen molar-refractivity contribution in [3.05, 3.63) is 28.8 Å². The molecule has 0 radical (unpaired) electrons. The molecule has 3 atom stereocenters. The highest BCUT2D eigenvalue weighted by atomic mass is 35.5. The Kier molecular flexibility index (Phi) is 4.00. The molecule has 2 aliphatic carbocycles. The van der Waals surface area contributed by atoms with Crippen LogP contribution >= 0.6 is 11.6 Å². The largest absolute Gasteiger partial charge is 0.495 e. The number of benzene rings is 1. The zero-order valence-corrected chi connectivity index (χ0v) is 13.0. The summed E-state index contributed by atoms with van der Waals surface area (Å²) in [5, 5.41) is 12.3. The number of carboxylic acids is 1. The molecule has 118 valence electrons. The standard InChI is InChI=1S/C16H18ClNO4/c1-22-13-5-4-9(6-12(13)17)14(16(20)21)18-15(19)11-7-10(11)8-2-3-8/h4-6,8,10-11,14H,2-3,7H2,1H3,(H,18,19)(H,20,21). The number of hydrogen-bond acceptors (Lipinski definition) is 3. The number of rotatable bonds is 6. The third-order valence-electron chi connectivity index (χ3n) is 4.45. The number of carbonyl (C=O) groups is 2. The molecule has 0 aromatic heterocycles. The highest BCUT2D eigenvalue weighted by Crippen LogP contribution is 2.54. The maximum atomic E-state index is 12.2. The molecule has 0 aliphatic heterocycles. The van der Waals surface area contributed by atoms with Crippen LogP contribution in [0.15, 0.2) is 18.2 Å². The lowest BCUT2D eigenvalue weighted by Crippen LogP contribution is -2.35. The van der Waals surface area contributed by atoms with Gasteiger partial charge >= 0.3 is 5.97 Å². The minimum atomic E-state index is -1.10. The molecule has 1 aromatic carbocycles. The van der Waals surface area contributed by atoms with Gasteiger partial charge in [-0.25, -0.2) is 4.79 Å². The number of aliphatic carboxylic acids is 1. The molecular weight excluding hydrogens is 306 g/mol. The number of amides is 1. The molecule has 6 heteroatoms. The Labute approximate surface area is 133 Å². The predicted octanol–water partition coefficient (Wildman–Crippen LogP) is 2.64. The van der Waals surface area contributed by atoms with Gasteiger partial charge < -0.3 is 15.2 Å². The molecule has 2 fully saturated rings. The number of nitrogens with one attached hydrogen (secondary N) is 1. The van der Waals surface area contributed by atoms with Crippen molar-refractivity contribution in [3.8, 4) is 5.75 Å². The highest BCUT2D eigenvalue weighted by Gasteiger charge is 2.51. The van der Waals surface area contributed by atoms with Crippen LogP contribution in [0.3, 0.4) is 0 Å². The molecule has 2 N–H and O–H groups in total. The molecule has 3 unspecified atom stereocenters. The van der Waals surface area contributed by atoms with Gasteiger partial charge in [-0.1, -0.05) is 17.7 Å². The second-order valence-corrected chi connectivity index (χ2v) is 6.42. The summed E-state index contributed by atoms with van der Waals surface area (Å²) in [5.41, 5.74) is 0.440. The van der Waals surface area contributed by atoms with Gasteiger partial charge in [0.2, 0.25) is 5.91 Å². The lowest BCUT2D eigenvalue weighted by Gasteiger charge is -2.16. The Morgan fingerprint density at radius 3 is 2.68 bits per heavy atom. The zero-order chi connectivity index (χ0) is 15.9. The van der Waals surface area contributed by atoms with Crippen LogP contribution in [0.25, 0.3) is 0 Å². The van der Waals surface area contributed by atoms with Gasteiger partial charge in [0, 0.05) is 5.92 Å². The van der Waals surface area contributed by atoms with E-state index in [2.05, 4.69) is 5.32 Å².